The number of nitrogens with one attached hydrogen (secondary N) is 1. The van der Waals surface area contributed by atoms with E-state index in [1.54, 1.807) is 0 Å². The Bertz CT molecular complexity index is 361. The van der Waals surface area contributed by atoms with Gasteiger partial charge in [-0.25, -0.2) is 10.8 Å². The number of hydrazine groups is 1. The van der Waals surface area contributed by atoms with E-state index in [1.807, 2.05) is 13.1 Å². The summed E-state index contributed by atoms with van der Waals surface area (Å²) in [5.74, 6) is 6.85. The van der Waals surface area contributed by atoms with Gasteiger partial charge in [-0.15, -0.1) is 0 Å². The molecule has 2 rings (SSSR count). The van der Waals surface area contributed by atoms with E-state index in [4.69, 9.17) is 5.84 Å². The second-order valence-electron chi connectivity index (χ2n) is 4.27. The van der Waals surface area contributed by atoms with Crippen LogP contribution in [0.1, 0.15) is 31.7 Å². The van der Waals surface area contributed by atoms with Crippen LogP contribution in [0.5, 0.6) is 0 Å². The van der Waals surface area contributed by atoms with E-state index in [9.17, 15) is 0 Å². The molecule has 1 heterocycles. The summed E-state index contributed by atoms with van der Waals surface area (Å²) < 4.78 is 0. The normalized spacial score (nSPS) is 14.9. The van der Waals surface area contributed by atoms with Gasteiger partial charge in [-0.1, -0.05) is 6.92 Å². The second-order valence-corrected chi connectivity index (χ2v) is 4.27. The molecule has 1 aliphatic carbocycles. The van der Waals surface area contributed by atoms with Gasteiger partial charge < -0.3 is 4.90 Å². The van der Waals surface area contributed by atoms with Crippen LogP contribution in [0.4, 0.5) is 11.8 Å². The zero-order valence-corrected chi connectivity index (χ0v) is 9.90. The molecule has 0 atom stereocenters. The Morgan fingerprint density at radius 2 is 2.31 bits per heavy atom. The third-order valence-electron chi connectivity index (χ3n) is 2.80. The molecule has 1 fully saturated rings. The van der Waals surface area contributed by atoms with Crippen molar-refractivity contribution in [1.82, 2.24) is 9.97 Å². The highest BCUT2D eigenvalue weighted by molar-refractivity contribution is 5.50. The van der Waals surface area contributed by atoms with E-state index in [-0.39, 0.29) is 0 Å². The molecule has 0 bridgehead atoms. The summed E-state index contributed by atoms with van der Waals surface area (Å²) in [6, 6.07) is 0.666. The highest BCUT2D eigenvalue weighted by Gasteiger charge is 2.30. The fraction of sp³-hybridized carbons (Fsp3) is 0.636. The fourth-order valence-electron chi connectivity index (χ4n) is 1.88. The van der Waals surface area contributed by atoms with Crippen molar-refractivity contribution in [2.75, 3.05) is 16.9 Å². The number of nitrogens with zero attached hydrogens (tertiary/aromatic N) is 3. The third-order valence-corrected chi connectivity index (χ3v) is 2.80. The molecular formula is C11H19N5. The number of rotatable bonds is 5. The molecule has 5 heteroatoms. The van der Waals surface area contributed by atoms with Crippen molar-refractivity contribution in [3.05, 3.63) is 11.8 Å². The molecule has 0 spiro atoms. The van der Waals surface area contributed by atoms with E-state index >= 15 is 0 Å². The smallest absolute Gasteiger partial charge is 0.239 e. The van der Waals surface area contributed by atoms with Crippen molar-refractivity contribution in [3.8, 4) is 0 Å². The molecule has 1 aromatic rings. The molecule has 0 aliphatic heterocycles. The molecule has 0 saturated heterocycles. The van der Waals surface area contributed by atoms with Gasteiger partial charge >= 0.3 is 0 Å². The zero-order chi connectivity index (χ0) is 11.5. The van der Waals surface area contributed by atoms with Crippen molar-refractivity contribution in [3.63, 3.8) is 0 Å². The average Bonchev–Trinajstić information content (AvgIpc) is 3.11. The van der Waals surface area contributed by atoms with E-state index < -0.39 is 0 Å². The van der Waals surface area contributed by atoms with Crippen molar-refractivity contribution >= 4 is 11.8 Å². The van der Waals surface area contributed by atoms with Gasteiger partial charge in [0.25, 0.3) is 0 Å². The van der Waals surface area contributed by atoms with Gasteiger partial charge in [0, 0.05) is 24.3 Å². The van der Waals surface area contributed by atoms with Crippen LogP contribution >= 0.6 is 0 Å². The summed E-state index contributed by atoms with van der Waals surface area (Å²) in [4.78, 5) is 10.9. The SMILES string of the molecule is CCCN(c1nc(NN)ncc1C)C1CC1. The van der Waals surface area contributed by atoms with Crippen molar-refractivity contribution in [2.45, 2.75) is 39.2 Å². The van der Waals surface area contributed by atoms with Crippen LogP contribution in [0.15, 0.2) is 6.20 Å². The topological polar surface area (TPSA) is 67.1 Å². The summed E-state index contributed by atoms with van der Waals surface area (Å²) >= 11 is 0. The number of hydrogen-bond donors (Lipinski definition) is 2. The van der Waals surface area contributed by atoms with Gasteiger partial charge in [0.05, 0.1) is 0 Å². The lowest BCUT2D eigenvalue weighted by Gasteiger charge is -2.24. The molecule has 0 aromatic carbocycles. The minimum absolute atomic E-state index is 0.488. The minimum atomic E-state index is 0.488. The Morgan fingerprint density at radius 3 is 2.88 bits per heavy atom. The lowest BCUT2D eigenvalue weighted by Crippen LogP contribution is -2.28. The van der Waals surface area contributed by atoms with Crippen molar-refractivity contribution < 1.29 is 0 Å². The molecule has 0 amide bonds. The number of nitrogen functional groups attached to an aromatic ring is 1. The minimum Gasteiger partial charge on any atom is -0.353 e. The molecule has 0 unspecified atom stereocenters. The average molecular weight is 221 g/mol. The van der Waals surface area contributed by atoms with Crippen LogP contribution in [-0.4, -0.2) is 22.6 Å². The highest BCUT2D eigenvalue weighted by atomic mass is 15.3. The second kappa shape index (κ2) is 4.65. The maximum Gasteiger partial charge on any atom is 0.239 e. The third kappa shape index (κ3) is 2.24. The first kappa shape index (κ1) is 11.1. The predicted octanol–water partition coefficient (Wildman–Crippen LogP) is 1.45. The lowest BCUT2D eigenvalue weighted by atomic mass is 10.3. The van der Waals surface area contributed by atoms with Crippen LogP contribution in [0.2, 0.25) is 0 Å². The molecule has 3 N–H and O–H groups in total. The van der Waals surface area contributed by atoms with Gasteiger partial charge in [0.1, 0.15) is 5.82 Å². The Balaban J connectivity index is 2.27. The molecule has 16 heavy (non-hydrogen) atoms. The molecule has 0 radical (unpaired) electrons. The number of nitrogens with two attached hydrogens (primary N) is 1. The van der Waals surface area contributed by atoms with E-state index in [0.29, 0.717) is 12.0 Å². The summed E-state index contributed by atoms with van der Waals surface area (Å²) in [5.41, 5.74) is 3.61. The Labute approximate surface area is 96.0 Å². The quantitative estimate of drug-likeness (QED) is 0.582. The fourth-order valence-corrected chi connectivity index (χ4v) is 1.88. The standard InChI is InChI=1S/C11H19N5/c1-3-6-16(9-4-5-9)10-8(2)7-13-11(14-10)15-12/h7,9H,3-6,12H2,1-2H3,(H,13,14,15). The zero-order valence-electron chi connectivity index (χ0n) is 9.90. The number of aryl methyl sites for hydroxylation is 1. The van der Waals surface area contributed by atoms with Gasteiger partial charge in [-0.05, 0) is 26.2 Å². The summed E-state index contributed by atoms with van der Waals surface area (Å²) in [7, 11) is 0. The Hall–Kier alpha value is -1.36. The van der Waals surface area contributed by atoms with Crippen LogP contribution in [0.25, 0.3) is 0 Å². The predicted molar refractivity (Wildman–Crippen MR) is 65.2 cm³/mol. The van der Waals surface area contributed by atoms with Crippen LogP contribution in [0, 0.1) is 6.92 Å². The molecule has 1 aliphatic rings. The van der Waals surface area contributed by atoms with Crippen LogP contribution in [0.3, 0.4) is 0 Å². The molecule has 1 aromatic heterocycles. The molecule has 88 valence electrons. The van der Waals surface area contributed by atoms with Gasteiger partial charge in [-0.2, -0.15) is 4.98 Å². The monoisotopic (exact) mass is 221 g/mol. The maximum absolute atomic E-state index is 5.34. The van der Waals surface area contributed by atoms with Crippen LogP contribution in [-0.2, 0) is 0 Å². The van der Waals surface area contributed by atoms with Crippen LogP contribution < -0.4 is 16.2 Å². The first-order valence-corrected chi connectivity index (χ1v) is 5.83. The van der Waals surface area contributed by atoms with Gasteiger partial charge in [0.2, 0.25) is 5.95 Å². The first-order chi connectivity index (χ1) is 7.76. The summed E-state index contributed by atoms with van der Waals surface area (Å²) in [6.45, 7) is 5.28. The highest BCUT2D eigenvalue weighted by Crippen LogP contribution is 2.32. The number of hydrogen-bond acceptors (Lipinski definition) is 5. The van der Waals surface area contributed by atoms with Gasteiger partial charge in [-0.3, -0.25) is 5.43 Å². The van der Waals surface area contributed by atoms with Crippen molar-refractivity contribution in [1.29, 1.82) is 0 Å². The Morgan fingerprint density at radius 1 is 1.56 bits per heavy atom. The van der Waals surface area contributed by atoms with E-state index in [2.05, 4.69) is 27.2 Å². The summed E-state index contributed by atoms with van der Waals surface area (Å²) in [5, 5.41) is 0. The lowest BCUT2D eigenvalue weighted by molar-refractivity contribution is 0.745. The Kier molecular flexibility index (Phi) is 3.24. The largest absolute Gasteiger partial charge is 0.353 e. The maximum atomic E-state index is 5.34. The van der Waals surface area contributed by atoms with Crippen molar-refractivity contribution in [2.24, 2.45) is 5.84 Å². The van der Waals surface area contributed by atoms with E-state index in [1.165, 1.54) is 12.8 Å². The summed E-state index contributed by atoms with van der Waals surface area (Å²) in [6.07, 6.45) is 5.50. The molecule has 5 nitrogen and oxygen atoms in total. The number of aromatic nitrogens is 2. The van der Waals surface area contributed by atoms with Gasteiger partial charge in [0.15, 0.2) is 0 Å². The first-order valence-electron chi connectivity index (χ1n) is 5.83. The van der Waals surface area contributed by atoms with E-state index in [0.717, 1.165) is 24.3 Å². The molecular weight excluding hydrogens is 202 g/mol. The molecule has 1 saturated carbocycles. The number of anilines is 2.